The Hall–Kier alpha value is 0.290. The molecule has 0 N–H and O–H groups in total. The van der Waals surface area contributed by atoms with E-state index in [0.29, 0.717) is 11.3 Å². The first kappa shape index (κ1) is 11.3. The molecule has 0 nitrogen and oxygen atoms in total. The smallest absolute Gasteiger partial charge is 0.0423 e. The van der Waals surface area contributed by atoms with Gasteiger partial charge in [-0.05, 0) is 25.2 Å². The molecule has 0 aromatic heterocycles. The van der Waals surface area contributed by atoms with Crippen LogP contribution in [0.4, 0.5) is 0 Å². The molecule has 1 unspecified atom stereocenters. The Morgan fingerprint density at radius 1 is 1.09 bits per heavy atom. The lowest BCUT2D eigenvalue weighted by Crippen LogP contribution is -2.34. The largest absolute Gasteiger partial charge is 0.120 e. The lowest BCUT2D eigenvalue weighted by molar-refractivity contribution is 0.188. The second-order valence-corrected chi connectivity index (χ2v) is 5.87. The fourth-order valence-electron chi connectivity index (χ4n) is 2.13. The Labute approximate surface area is 76.3 Å². The quantitative estimate of drug-likeness (QED) is 0.557. The number of halogens is 1. The molecule has 0 aliphatic rings. The van der Waals surface area contributed by atoms with Gasteiger partial charge in [-0.25, -0.2) is 0 Å². The maximum absolute atomic E-state index is 6.28. The van der Waals surface area contributed by atoms with E-state index in [9.17, 15) is 0 Å². The Bertz CT molecular complexity index is 99.8. The highest BCUT2D eigenvalue weighted by atomic mass is 35.5. The summed E-state index contributed by atoms with van der Waals surface area (Å²) in [7, 11) is 0. The topological polar surface area (TPSA) is 0 Å². The predicted octanol–water partition coefficient (Wildman–Crippen LogP) is 4.08. The van der Waals surface area contributed by atoms with Crippen molar-refractivity contribution in [3.05, 3.63) is 0 Å². The van der Waals surface area contributed by atoms with E-state index < -0.39 is 0 Å². The highest BCUT2D eigenvalue weighted by Gasteiger charge is 2.34. The lowest BCUT2D eigenvalue weighted by Gasteiger charge is -2.38. The fourth-order valence-corrected chi connectivity index (χ4v) is 2.61. The fraction of sp³-hybridized carbons (Fsp3) is 1.00. The van der Waals surface area contributed by atoms with Gasteiger partial charge in [0.2, 0.25) is 0 Å². The van der Waals surface area contributed by atoms with Gasteiger partial charge in [-0.1, -0.05) is 34.1 Å². The number of rotatable bonds is 2. The molecule has 0 saturated carbocycles. The van der Waals surface area contributed by atoms with Gasteiger partial charge < -0.3 is 0 Å². The predicted molar refractivity (Wildman–Crippen MR) is 53.2 cm³/mol. The molecular weight excluding hydrogens is 156 g/mol. The van der Waals surface area contributed by atoms with Crippen LogP contribution in [0.1, 0.15) is 48.0 Å². The van der Waals surface area contributed by atoms with Crippen LogP contribution in [0.15, 0.2) is 0 Å². The molecule has 0 aromatic rings. The zero-order valence-electron chi connectivity index (χ0n) is 8.66. The van der Waals surface area contributed by atoms with Gasteiger partial charge in [0.25, 0.3) is 0 Å². The Balaban J connectivity index is 4.43. The minimum Gasteiger partial charge on any atom is -0.120 e. The molecule has 0 aromatic carbocycles. The highest BCUT2D eigenvalue weighted by Crippen LogP contribution is 2.40. The van der Waals surface area contributed by atoms with E-state index in [2.05, 4.69) is 41.5 Å². The number of alkyl halides is 1. The second-order valence-electron chi connectivity index (χ2n) is 4.89. The van der Waals surface area contributed by atoms with Gasteiger partial charge in [0.05, 0.1) is 0 Å². The molecule has 0 bridgehead atoms. The standard InChI is InChI=1S/C10H21Cl/c1-7-8(9(2,3)4)10(5,6)11/h8H,7H2,1-6H3. The second kappa shape index (κ2) is 3.35. The van der Waals surface area contributed by atoms with Crippen molar-refractivity contribution in [1.29, 1.82) is 0 Å². The zero-order valence-corrected chi connectivity index (χ0v) is 9.42. The van der Waals surface area contributed by atoms with Crippen LogP contribution in [0.3, 0.4) is 0 Å². The third-order valence-electron chi connectivity index (χ3n) is 2.28. The average Bonchev–Trinajstić information content (AvgIpc) is 1.56. The van der Waals surface area contributed by atoms with Crippen LogP contribution in [-0.2, 0) is 0 Å². The maximum Gasteiger partial charge on any atom is 0.0423 e. The molecule has 0 fully saturated rings. The van der Waals surface area contributed by atoms with Crippen LogP contribution < -0.4 is 0 Å². The summed E-state index contributed by atoms with van der Waals surface area (Å²) in [5, 5.41) is 0. The monoisotopic (exact) mass is 176 g/mol. The molecule has 0 aliphatic heterocycles. The van der Waals surface area contributed by atoms with Gasteiger partial charge in [0, 0.05) is 4.87 Å². The lowest BCUT2D eigenvalue weighted by atomic mass is 9.72. The van der Waals surface area contributed by atoms with Crippen molar-refractivity contribution in [1.82, 2.24) is 0 Å². The summed E-state index contributed by atoms with van der Waals surface area (Å²) in [5.74, 6) is 0.580. The summed E-state index contributed by atoms with van der Waals surface area (Å²) in [6.45, 7) is 13.2. The summed E-state index contributed by atoms with van der Waals surface area (Å²) in [4.78, 5) is -0.0764. The maximum atomic E-state index is 6.28. The SMILES string of the molecule is CCC(C(C)(C)C)C(C)(C)Cl. The number of hydrogen-bond donors (Lipinski definition) is 0. The average molecular weight is 177 g/mol. The van der Waals surface area contributed by atoms with Crippen molar-refractivity contribution < 1.29 is 0 Å². The molecule has 0 spiro atoms. The first-order chi connectivity index (χ1) is 4.69. The molecule has 0 amide bonds. The van der Waals surface area contributed by atoms with E-state index >= 15 is 0 Å². The minimum atomic E-state index is -0.0764. The van der Waals surface area contributed by atoms with Gasteiger partial charge >= 0.3 is 0 Å². The van der Waals surface area contributed by atoms with Crippen molar-refractivity contribution in [2.75, 3.05) is 0 Å². The molecule has 0 heterocycles. The Morgan fingerprint density at radius 2 is 1.45 bits per heavy atom. The van der Waals surface area contributed by atoms with Crippen LogP contribution in [-0.4, -0.2) is 4.87 Å². The summed E-state index contributed by atoms with van der Waals surface area (Å²) in [6, 6.07) is 0. The van der Waals surface area contributed by atoms with Gasteiger partial charge in [-0.2, -0.15) is 0 Å². The molecule has 1 heteroatoms. The van der Waals surface area contributed by atoms with Crippen LogP contribution in [0.2, 0.25) is 0 Å². The minimum absolute atomic E-state index is 0.0764. The van der Waals surface area contributed by atoms with Crippen molar-refractivity contribution in [2.24, 2.45) is 11.3 Å². The molecular formula is C10H21Cl. The van der Waals surface area contributed by atoms with Gasteiger partial charge in [-0.15, -0.1) is 11.6 Å². The molecule has 0 aliphatic carbocycles. The van der Waals surface area contributed by atoms with Crippen molar-refractivity contribution in [2.45, 2.75) is 52.8 Å². The van der Waals surface area contributed by atoms with E-state index in [1.54, 1.807) is 0 Å². The third-order valence-corrected chi connectivity index (χ3v) is 2.55. The molecule has 68 valence electrons. The van der Waals surface area contributed by atoms with E-state index in [4.69, 9.17) is 11.6 Å². The normalized spacial score (nSPS) is 16.6. The Morgan fingerprint density at radius 3 is 1.45 bits per heavy atom. The Kier molecular flexibility index (Phi) is 3.43. The first-order valence-electron chi connectivity index (χ1n) is 4.38. The van der Waals surface area contributed by atoms with Crippen LogP contribution in [0.5, 0.6) is 0 Å². The molecule has 0 saturated heterocycles. The van der Waals surface area contributed by atoms with Gasteiger partial charge in [0.1, 0.15) is 0 Å². The van der Waals surface area contributed by atoms with Crippen molar-refractivity contribution in [3.63, 3.8) is 0 Å². The molecule has 0 radical (unpaired) electrons. The van der Waals surface area contributed by atoms with Crippen molar-refractivity contribution in [3.8, 4) is 0 Å². The summed E-state index contributed by atoms with van der Waals surface area (Å²) < 4.78 is 0. The molecule has 0 rings (SSSR count). The first-order valence-corrected chi connectivity index (χ1v) is 4.76. The van der Waals surface area contributed by atoms with Crippen LogP contribution in [0, 0.1) is 11.3 Å². The third kappa shape index (κ3) is 3.46. The van der Waals surface area contributed by atoms with E-state index in [1.165, 1.54) is 0 Å². The molecule has 1 atom stereocenters. The summed E-state index contributed by atoms with van der Waals surface area (Å²) in [6.07, 6.45) is 1.15. The zero-order chi connectivity index (χ0) is 9.28. The van der Waals surface area contributed by atoms with Gasteiger partial charge in [0.15, 0.2) is 0 Å². The highest BCUT2D eigenvalue weighted by molar-refractivity contribution is 6.23. The van der Waals surface area contributed by atoms with Crippen LogP contribution in [0.25, 0.3) is 0 Å². The summed E-state index contributed by atoms with van der Waals surface area (Å²) >= 11 is 6.28. The molecule has 11 heavy (non-hydrogen) atoms. The van der Waals surface area contributed by atoms with E-state index in [1.807, 2.05) is 0 Å². The van der Waals surface area contributed by atoms with Gasteiger partial charge in [-0.3, -0.25) is 0 Å². The summed E-state index contributed by atoms with van der Waals surface area (Å²) in [5.41, 5.74) is 0.319. The number of hydrogen-bond acceptors (Lipinski definition) is 0. The van der Waals surface area contributed by atoms with E-state index in [0.717, 1.165) is 6.42 Å². The van der Waals surface area contributed by atoms with Crippen molar-refractivity contribution >= 4 is 11.6 Å². The van der Waals surface area contributed by atoms with E-state index in [-0.39, 0.29) is 4.87 Å². The van der Waals surface area contributed by atoms with Crippen LogP contribution >= 0.6 is 11.6 Å².